The molecule has 10 heteroatoms. The second-order valence-electron chi connectivity index (χ2n) is 11.9. The van der Waals surface area contributed by atoms with Crippen LogP contribution in [-0.2, 0) is 20.8 Å². The SMILES string of the molecule is CC(C)[C@@H]1NC(=O)CC[C@@H](C(=O)N2CCCN(C)CC2)NC(=O)c2ccccc2OC[C@@H](Cc2ccccc2)N(C)C1=O. The molecule has 0 radical (unpaired) electrons. The van der Waals surface area contributed by atoms with Crippen LogP contribution in [0.25, 0.3) is 0 Å². The largest absolute Gasteiger partial charge is 0.491 e. The first-order valence-corrected chi connectivity index (χ1v) is 15.2. The van der Waals surface area contributed by atoms with Gasteiger partial charge in [0.1, 0.15) is 24.4 Å². The van der Waals surface area contributed by atoms with E-state index in [2.05, 4.69) is 15.5 Å². The van der Waals surface area contributed by atoms with Crippen LogP contribution in [0.1, 0.15) is 49.0 Å². The molecule has 1 fully saturated rings. The molecule has 2 aliphatic heterocycles. The predicted octanol–water partition coefficient (Wildman–Crippen LogP) is 2.33. The maximum Gasteiger partial charge on any atom is 0.255 e. The van der Waals surface area contributed by atoms with Crippen LogP contribution in [-0.4, -0.2) is 103 Å². The summed E-state index contributed by atoms with van der Waals surface area (Å²) in [7, 11) is 3.75. The number of benzene rings is 2. The quantitative estimate of drug-likeness (QED) is 0.565. The zero-order chi connectivity index (χ0) is 30.9. The number of hydrogen-bond donors (Lipinski definition) is 2. The molecule has 4 amide bonds. The van der Waals surface area contributed by atoms with Crippen molar-refractivity contribution in [3.63, 3.8) is 0 Å². The number of fused-ring (bicyclic) bond motifs is 1. The Hall–Kier alpha value is -3.92. The summed E-state index contributed by atoms with van der Waals surface area (Å²) in [6.07, 6.45) is 1.45. The molecule has 43 heavy (non-hydrogen) atoms. The van der Waals surface area contributed by atoms with Crippen molar-refractivity contribution in [2.45, 2.75) is 57.7 Å². The van der Waals surface area contributed by atoms with Gasteiger partial charge in [-0.25, -0.2) is 0 Å². The average molecular weight is 592 g/mol. The van der Waals surface area contributed by atoms with Crippen LogP contribution in [0.3, 0.4) is 0 Å². The van der Waals surface area contributed by atoms with E-state index in [0.717, 1.165) is 25.1 Å². The lowest BCUT2D eigenvalue weighted by Crippen LogP contribution is -2.54. The highest BCUT2D eigenvalue weighted by atomic mass is 16.5. The van der Waals surface area contributed by atoms with Crippen LogP contribution < -0.4 is 15.4 Å². The summed E-state index contributed by atoms with van der Waals surface area (Å²) in [5, 5.41) is 5.83. The minimum atomic E-state index is -0.901. The van der Waals surface area contributed by atoms with E-state index in [9.17, 15) is 19.2 Å². The zero-order valence-electron chi connectivity index (χ0n) is 25.8. The van der Waals surface area contributed by atoms with Crippen molar-refractivity contribution in [3.8, 4) is 5.75 Å². The van der Waals surface area contributed by atoms with Gasteiger partial charge in [-0.05, 0) is 56.5 Å². The maximum atomic E-state index is 13.8. The fourth-order valence-corrected chi connectivity index (χ4v) is 5.57. The molecule has 0 bridgehead atoms. The molecule has 2 aromatic rings. The fourth-order valence-electron chi connectivity index (χ4n) is 5.57. The maximum absolute atomic E-state index is 13.8. The van der Waals surface area contributed by atoms with Gasteiger partial charge in [-0.2, -0.15) is 0 Å². The first-order valence-electron chi connectivity index (χ1n) is 15.2. The number of likely N-dealkylation sites (N-methyl/N-ethyl adjacent to an activating group) is 2. The highest BCUT2D eigenvalue weighted by Gasteiger charge is 2.33. The van der Waals surface area contributed by atoms with E-state index >= 15 is 0 Å². The van der Waals surface area contributed by atoms with Crippen LogP contribution in [0.2, 0.25) is 0 Å². The van der Waals surface area contributed by atoms with Crippen molar-refractivity contribution in [1.82, 2.24) is 25.3 Å². The summed E-state index contributed by atoms with van der Waals surface area (Å²) in [5.74, 6) is -1.01. The van der Waals surface area contributed by atoms with Crippen LogP contribution in [0.5, 0.6) is 5.75 Å². The van der Waals surface area contributed by atoms with E-state index in [0.29, 0.717) is 30.8 Å². The molecule has 4 rings (SSSR count). The van der Waals surface area contributed by atoms with Gasteiger partial charge in [-0.15, -0.1) is 0 Å². The number of nitrogens with zero attached hydrogens (tertiary/aromatic N) is 3. The number of amides is 4. The second kappa shape index (κ2) is 15.0. The monoisotopic (exact) mass is 591 g/mol. The van der Waals surface area contributed by atoms with Crippen LogP contribution in [0.15, 0.2) is 54.6 Å². The molecule has 0 unspecified atom stereocenters. The Balaban J connectivity index is 1.66. The number of nitrogens with one attached hydrogen (secondary N) is 2. The van der Waals surface area contributed by atoms with E-state index < -0.39 is 18.0 Å². The van der Waals surface area contributed by atoms with Crippen LogP contribution in [0, 0.1) is 5.92 Å². The van der Waals surface area contributed by atoms with Crippen molar-refractivity contribution >= 4 is 23.6 Å². The lowest BCUT2D eigenvalue weighted by molar-refractivity contribution is -0.139. The molecular weight excluding hydrogens is 546 g/mol. The Kier molecular flexibility index (Phi) is 11.2. The molecule has 0 aromatic heterocycles. The standard InChI is InChI=1S/C33H45N5O5/c1-23(2)30-33(42)37(4)25(21-24-11-6-5-7-12-24)22-43-28-14-9-8-13-26(28)31(40)34-27(15-16-29(39)35-30)32(41)38-18-10-17-36(3)19-20-38/h5-9,11-14,23,25,27,30H,10,15-22H2,1-4H3,(H,34,40)(H,35,39)/t25-,27+,30+/m1/s1. The predicted molar refractivity (Wildman–Crippen MR) is 165 cm³/mol. The summed E-state index contributed by atoms with van der Waals surface area (Å²) in [4.78, 5) is 60.0. The minimum absolute atomic E-state index is 0.0176. The smallest absolute Gasteiger partial charge is 0.255 e. The first kappa shape index (κ1) is 32.0. The minimum Gasteiger partial charge on any atom is -0.491 e. The van der Waals surface area contributed by atoms with Gasteiger partial charge in [0, 0.05) is 33.1 Å². The fraction of sp³-hybridized carbons (Fsp3) is 0.515. The van der Waals surface area contributed by atoms with Crippen molar-refractivity contribution < 1.29 is 23.9 Å². The third-order valence-corrected chi connectivity index (χ3v) is 8.32. The topological polar surface area (TPSA) is 111 Å². The number of rotatable bonds is 4. The molecule has 0 saturated carbocycles. The number of carbonyl (C=O) groups excluding carboxylic acids is 4. The van der Waals surface area contributed by atoms with Crippen LogP contribution in [0.4, 0.5) is 0 Å². The lowest BCUT2D eigenvalue weighted by atomic mass is 9.99. The van der Waals surface area contributed by atoms with Gasteiger partial charge in [-0.3, -0.25) is 19.2 Å². The summed E-state index contributed by atoms with van der Waals surface area (Å²) < 4.78 is 6.25. The molecular formula is C33H45N5O5. The summed E-state index contributed by atoms with van der Waals surface area (Å²) in [5.41, 5.74) is 1.33. The third kappa shape index (κ3) is 8.56. The highest BCUT2D eigenvalue weighted by molar-refractivity contribution is 6.00. The molecule has 2 aliphatic rings. The van der Waals surface area contributed by atoms with Gasteiger partial charge in [0.15, 0.2) is 0 Å². The van der Waals surface area contributed by atoms with E-state index in [1.54, 1.807) is 41.1 Å². The highest BCUT2D eigenvalue weighted by Crippen LogP contribution is 2.21. The van der Waals surface area contributed by atoms with E-state index in [1.165, 1.54) is 0 Å². The van der Waals surface area contributed by atoms with E-state index in [4.69, 9.17) is 4.74 Å². The summed E-state index contributed by atoms with van der Waals surface area (Å²) in [6, 6.07) is 14.7. The van der Waals surface area contributed by atoms with Crippen molar-refractivity contribution in [2.24, 2.45) is 5.92 Å². The molecule has 0 spiro atoms. The Morgan fingerprint density at radius 2 is 1.65 bits per heavy atom. The van der Waals surface area contributed by atoms with E-state index in [1.807, 2.05) is 51.2 Å². The third-order valence-electron chi connectivity index (χ3n) is 8.32. The molecule has 3 atom stereocenters. The van der Waals surface area contributed by atoms with Crippen molar-refractivity contribution in [2.75, 3.05) is 46.9 Å². The Bertz CT molecular complexity index is 1270. The first-order chi connectivity index (χ1) is 20.6. The van der Waals surface area contributed by atoms with Gasteiger partial charge in [0.25, 0.3) is 5.91 Å². The molecule has 10 nitrogen and oxygen atoms in total. The molecule has 1 saturated heterocycles. The second-order valence-corrected chi connectivity index (χ2v) is 11.9. The Morgan fingerprint density at radius 3 is 2.40 bits per heavy atom. The van der Waals surface area contributed by atoms with Crippen LogP contribution >= 0.6 is 0 Å². The zero-order valence-corrected chi connectivity index (χ0v) is 25.8. The molecule has 2 aromatic carbocycles. The average Bonchev–Trinajstić information content (AvgIpc) is 3.23. The van der Waals surface area contributed by atoms with Gasteiger partial charge in [0.05, 0.1) is 11.6 Å². The molecule has 232 valence electrons. The van der Waals surface area contributed by atoms with E-state index in [-0.39, 0.29) is 49.1 Å². The molecule has 2 heterocycles. The van der Waals surface area contributed by atoms with Gasteiger partial charge in [0.2, 0.25) is 17.7 Å². The van der Waals surface area contributed by atoms with Gasteiger partial charge in [-0.1, -0.05) is 56.3 Å². The summed E-state index contributed by atoms with van der Waals surface area (Å²) in [6.45, 7) is 6.67. The number of hydrogen-bond acceptors (Lipinski definition) is 6. The van der Waals surface area contributed by atoms with Gasteiger partial charge >= 0.3 is 0 Å². The van der Waals surface area contributed by atoms with Crippen molar-refractivity contribution in [3.05, 3.63) is 65.7 Å². The summed E-state index contributed by atoms with van der Waals surface area (Å²) >= 11 is 0. The molecule has 2 N–H and O–H groups in total. The Morgan fingerprint density at radius 1 is 0.930 bits per heavy atom. The molecule has 0 aliphatic carbocycles. The normalized spacial score (nSPS) is 23.3. The number of carbonyl (C=O) groups is 4. The van der Waals surface area contributed by atoms with Crippen molar-refractivity contribution in [1.29, 1.82) is 0 Å². The number of ether oxygens (including phenoxy) is 1. The van der Waals surface area contributed by atoms with Gasteiger partial charge < -0.3 is 30.1 Å². The Labute approximate surface area is 254 Å². The lowest BCUT2D eigenvalue weighted by Gasteiger charge is -2.33. The number of para-hydroxylation sites is 1.